The van der Waals surface area contributed by atoms with Gasteiger partial charge in [0, 0.05) is 11.8 Å². The van der Waals surface area contributed by atoms with Gasteiger partial charge in [-0.3, -0.25) is 9.59 Å². The lowest BCUT2D eigenvalue weighted by atomic mass is 10.1. The van der Waals surface area contributed by atoms with Crippen molar-refractivity contribution >= 4 is 34.2 Å². The first-order valence-corrected chi connectivity index (χ1v) is 10.3. The lowest BCUT2D eigenvalue weighted by Gasteiger charge is -2.11. The van der Waals surface area contributed by atoms with Gasteiger partial charge in [-0.25, -0.2) is 0 Å². The van der Waals surface area contributed by atoms with Crippen LogP contribution in [-0.4, -0.2) is 12.5 Å². The number of ether oxygens (including phenoxy) is 2. The molecule has 0 unspecified atom stereocenters. The molecule has 1 N–H and O–H groups in total. The summed E-state index contributed by atoms with van der Waals surface area (Å²) < 4.78 is 16.7. The minimum atomic E-state index is -0.342. The standard InChI is InChI=1S/C25H20ClNO5/c1-15-7-10-20(16(2)11-15)27-24(28)14-30-17-8-9-18-22(12-17)31-13-23(25(18)29)32-21-6-4-3-5-19(21)26/h3-13H,14H2,1-2H3,(H,27,28). The molecule has 0 aliphatic carbocycles. The normalized spacial score (nSPS) is 10.7. The average Bonchev–Trinajstić information content (AvgIpc) is 2.77. The van der Waals surface area contributed by atoms with Crippen LogP contribution in [0.3, 0.4) is 0 Å². The van der Waals surface area contributed by atoms with Crippen molar-refractivity contribution in [2.75, 3.05) is 11.9 Å². The number of carbonyl (C=O) groups excluding carboxylic acids is 1. The Kier molecular flexibility index (Phi) is 6.14. The van der Waals surface area contributed by atoms with Crippen LogP contribution in [0.15, 0.2) is 76.1 Å². The summed E-state index contributed by atoms with van der Waals surface area (Å²) in [7, 11) is 0. The van der Waals surface area contributed by atoms with Crippen LogP contribution < -0.4 is 20.2 Å². The minimum absolute atomic E-state index is 0.0205. The number of halogens is 1. The van der Waals surface area contributed by atoms with Gasteiger partial charge in [0.15, 0.2) is 6.61 Å². The van der Waals surface area contributed by atoms with E-state index in [-0.39, 0.29) is 23.7 Å². The van der Waals surface area contributed by atoms with Crippen molar-refractivity contribution in [2.24, 2.45) is 0 Å². The number of nitrogens with one attached hydrogen (secondary N) is 1. The molecule has 3 aromatic carbocycles. The van der Waals surface area contributed by atoms with E-state index < -0.39 is 0 Å². The third kappa shape index (κ3) is 4.76. The molecule has 7 heteroatoms. The highest BCUT2D eigenvalue weighted by molar-refractivity contribution is 6.32. The number of benzene rings is 3. The first-order valence-electron chi connectivity index (χ1n) is 9.88. The molecule has 0 atom stereocenters. The number of amides is 1. The van der Waals surface area contributed by atoms with E-state index in [1.165, 1.54) is 6.26 Å². The highest BCUT2D eigenvalue weighted by atomic mass is 35.5. The molecule has 6 nitrogen and oxygen atoms in total. The summed E-state index contributed by atoms with van der Waals surface area (Å²) in [5.41, 5.74) is 2.80. The number of para-hydroxylation sites is 1. The Morgan fingerprint density at radius 3 is 2.62 bits per heavy atom. The third-order valence-corrected chi connectivity index (χ3v) is 5.11. The van der Waals surface area contributed by atoms with Gasteiger partial charge in [0.25, 0.3) is 5.91 Å². The van der Waals surface area contributed by atoms with Crippen LogP contribution >= 0.6 is 11.6 Å². The lowest BCUT2D eigenvalue weighted by molar-refractivity contribution is -0.118. The molecule has 0 spiro atoms. The van der Waals surface area contributed by atoms with E-state index in [1.54, 1.807) is 42.5 Å². The maximum absolute atomic E-state index is 12.7. The Bertz CT molecular complexity index is 1360. The van der Waals surface area contributed by atoms with Gasteiger partial charge in [-0.2, -0.15) is 0 Å². The summed E-state index contributed by atoms with van der Waals surface area (Å²) in [5.74, 6) is 0.487. The van der Waals surface area contributed by atoms with Crippen molar-refractivity contribution in [1.82, 2.24) is 0 Å². The molecule has 0 aliphatic rings. The second-order valence-corrected chi connectivity index (χ2v) is 7.68. The van der Waals surface area contributed by atoms with E-state index in [1.807, 2.05) is 32.0 Å². The molecule has 0 fully saturated rings. The number of anilines is 1. The number of rotatable bonds is 6. The SMILES string of the molecule is Cc1ccc(NC(=O)COc2ccc3c(=O)c(Oc4ccccc4Cl)coc3c2)c(C)c1. The predicted octanol–water partition coefficient (Wildman–Crippen LogP) is 5.87. The molecule has 4 rings (SSSR count). The maximum atomic E-state index is 12.7. The molecule has 0 saturated heterocycles. The van der Waals surface area contributed by atoms with Crippen molar-refractivity contribution in [3.63, 3.8) is 0 Å². The van der Waals surface area contributed by atoms with Gasteiger partial charge in [0.05, 0.1) is 10.4 Å². The quantitative estimate of drug-likeness (QED) is 0.398. The summed E-state index contributed by atoms with van der Waals surface area (Å²) in [5, 5.41) is 3.53. The van der Waals surface area contributed by atoms with Crippen LogP contribution in [0.2, 0.25) is 5.02 Å². The summed E-state index contributed by atoms with van der Waals surface area (Å²) in [4.78, 5) is 25.0. The summed E-state index contributed by atoms with van der Waals surface area (Å²) in [6.45, 7) is 3.74. The first kappa shape index (κ1) is 21.5. The van der Waals surface area contributed by atoms with Crippen molar-refractivity contribution in [3.05, 3.63) is 93.3 Å². The lowest BCUT2D eigenvalue weighted by Crippen LogP contribution is -2.20. The van der Waals surface area contributed by atoms with Gasteiger partial charge in [-0.05, 0) is 49.7 Å². The van der Waals surface area contributed by atoms with Crippen molar-refractivity contribution in [3.8, 4) is 17.2 Å². The van der Waals surface area contributed by atoms with E-state index in [0.29, 0.717) is 27.5 Å². The molecule has 4 aromatic rings. The Morgan fingerprint density at radius 1 is 1.03 bits per heavy atom. The van der Waals surface area contributed by atoms with Crippen LogP contribution in [0.1, 0.15) is 11.1 Å². The van der Waals surface area contributed by atoms with Crippen molar-refractivity contribution in [2.45, 2.75) is 13.8 Å². The predicted molar refractivity (Wildman–Crippen MR) is 124 cm³/mol. The second kappa shape index (κ2) is 9.16. The van der Waals surface area contributed by atoms with E-state index in [0.717, 1.165) is 16.8 Å². The summed E-state index contributed by atoms with van der Waals surface area (Å²) >= 11 is 6.09. The molecule has 0 radical (unpaired) electrons. The highest BCUT2D eigenvalue weighted by Crippen LogP contribution is 2.29. The largest absolute Gasteiger partial charge is 0.484 e. The topological polar surface area (TPSA) is 77.8 Å². The number of carbonyl (C=O) groups is 1. The van der Waals surface area contributed by atoms with Gasteiger partial charge in [0.2, 0.25) is 11.2 Å². The number of fused-ring (bicyclic) bond motifs is 1. The Labute approximate surface area is 189 Å². The molecular formula is C25H20ClNO5. The van der Waals surface area contributed by atoms with Crippen LogP contribution in [0.4, 0.5) is 5.69 Å². The fourth-order valence-corrected chi connectivity index (χ4v) is 3.36. The molecule has 0 saturated carbocycles. The van der Waals surface area contributed by atoms with E-state index >= 15 is 0 Å². The van der Waals surface area contributed by atoms with Crippen molar-refractivity contribution in [1.29, 1.82) is 0 Å². The maximum Gasteiger partial charge on any atom is 0.262 e. The van der Waals surface area contributed by atoms with Crippen LogP contribution in [-0.2, 0) is 4.79 Å². The van der Waals surface area contributed by atoms with Crippen LogP contribution in [0.5, 0.6) is 17.2 Å². The first-order chi connectivity index (χ1) is 15.4. The fourth-order valence-electron chi connectivity index (χ4n) is 3.19. The van der Waals surface area contributed by atoms with Gasteiger partial charge < -0.3 is 19.2 Å². The second-order valence-electron chi connectivity index (χ2n) is 7.27. The molecule has 0 bridgehead atoms. The van der Waals surface area contributed by atoms with E-state index in [9.17, 15) is 9.59 Å². The number of hydrogen-bond donors (Lipinski definition) is 1. The third-order valence-electron chi connectivity index (χ3n) is 4.80. The minimum Gasteiger partial charge on any atom is -0.484 e. The van der Waals surface area contributed by atoms with Gasteiger partial charge in [-0.1, -0.05) is 41.4 Å². The number of hydrogen-bond acceptors (Lipinski definition) is 5. The Morgan fingerprint density at radius 2 is 1.84 bits per heavy atom. The van der Waals surface area contributed by atoms with Crippen LogP contribution in [0, 0.1) is 13.8 Å². The zero-order valence-corrected chi connectivity index (χ0v) is 18.2. The van der Waals surface area contributed by atoms with Gasteiger partial charge >= 0.3 is 0 Å². The van der Waals surface area contributed by atoms with Gasteiger partial charge in [0.1, 0.15) is 23.3 Å². The summed E-state index contributed by atoms with van der Waals surface area (Å²) in [6, 6.07) is 17.3. The monoisotopic (exact) mass is 449 g/mol. The smallest absolute Gasteiger partial charge is 0.262 e. The summed E-state index contributed by atoms with van der Waals surface area (Å²) in [6.07, 6.45) is 1.23. The molecule has 32 heavy (non-hydrogen) atoms. The molecule has 1 amide bonds. The Balaban J connectivity index is 1.46. The van der Waals surface area contributed by atoms with Crippen molar-refractivity contribution < 1.29 is 18.7 Å². The molecule has 1 heterocycles. The fraction of sp³-hybridized carbons (Fsp3) is 0.120. The molecule has 1 aromatic heterocycles. The molecule has 162 valence electrons. The zero-order chi connectivity index (χ0) is 22.7. The van der Waals surface area contributed by atoms with E-state index in [4.69, 9.17) is 25.5 Å². The highest BCUT2D eigenvalue weighted by Gasteiger charge is 2.12. The van der Waals surface area contributed by atoms with Gasteiger partial charge in [-0.15, -0.1) is 0 Å². The number of aryl methyl sites for hydroxylation is 2. The zero-order valence-electron chi connectivity index (χ0n) is 17.5. The Hall–Kier alpha value is -3.77. The van der Waals surface area contributed by atoms with E-state index in [2.05, 4.69) is 5.32 Å². The average molecular weight is 450 g/mol. The molecular weight excluding hydrogens is 430 g/mol. The molecule has 0 aliphatic heterocycles. The van der Waals surface area contributed by atoms with Crippen LogP contribution in [0.25, 0.3) is 11.0 Å².